The molecule has 1 amide bonds. The molecule has 6 nitrogen and oxygen atoms in total. The second-order valence-corrected chi connectivity index (χ2v) is 9.72. The molecule has 1 aromatic carbocycles. The highest BCUT2D eigenvalue weighted by molar-refractivity contribution is 5.99. The Labute approximate surface area is 179 Å². The molecular formula is C24H35N3O3. The Bertz CT molecular complexity index is 773. The smallest absolute Gasteiger partial charge is 0.230 e. The lowest BCUT2D eigenvalue weighted by Crippen LogP contribution is -2.37. The van der Waals surface area contributed by atoms with Gasteiger partial charge < -0.3 is 25.7 Å². The summed E-state index contributed by atoms with van der Waals surface area (Å²) in [5.74, 6) is 0.533. The standard InChI is InChI=1S/C24H35N3O3/c28-12-11-19-18-3-1-2-4-23(18)27(24(19)30)16-7-10-20(22-14-25-22)21(13-16)26-15-5-8-17(29)9-6-15/h7,10,13,15,17-19,22-23,25-26,28-29H,1-6,8-9,11-12,14H2/t15-,17-,18?,19?,22?,23?. The Morgan fingerprint density at radius 3 is 2.60 bits per heavy atom. The maximum absolute atomic E-state index is 13.4. The van der Waals surface area contributed by atoms with Crippen molar-refractivity contribution in [3.63, 3.8) is 0 Å². The fourth-order valence-electron chi connectivity index (χ4n) is 6.09. The monoisotopic (exact) mass is 413 g/mol. The van der Waals surface area contributed by atoms with E-state index in [0.29, 0.717) is 24.4 Å². The van der Waals surface area contributed by atoms with Gasteiger partial charge in [0.2, 0.25) is 5.91 Å². The molecule has 4 unspecified atom stereocenters. The van der Waals surface area contributed by atoms with E-state index >= 15 is 0 Å². The molecule has 0 aromatic heterocycles. The molecule has 6 heteroatoms. The number of aliphatic hydroxyl groups excluding tert-OH is 2. The number of fused-ring (bicyclic) bond motifs is 1. The van der Waals surface area contributed by atoms with Crippen LogP contribution >= 0.6 is 0 Å². The maximum Gasteiger partial charge on any atom is 0.230 e. The third kappa shape index (κ3) is 3.85. The third-order valence-electron chi connectivity index (χ3n) is 7.78. The molecule has 0 radical (unpaired) electrons. The molecular weight excluding hydrogens is 378 g/mol. The maximum atomic E-state index is 13.4. The van der Waals surface area contributed by atoms with Crippen LogP contribution in [0.15, 0.2) is 18.2 Å². The highest BCUT2D eigenvalue weighted by Crippen LogP contribution is 2.45. The number of rotatable bonds is 6. The largest absolute Gasteiger partial charge is 0.396 e. The molecule has 0 spiro atoms. The molecule has 4 N–H and O–H groups in total. The molecule has 4 atom stereocenters. The van der Waals surface area contributed by atoms with Crippen molar-refractivity contribution in [2.45, 2.75) is 82.0 Å². The summed E-state index contributed by atoms with van der Waals surface area (Å²) in [7, 11) is 0. The van der Waals surface area contributed by atoms with Crippen LogP contribution < -0.4 is 15.5 Å². The van der Waals surface area contributed by atoms with Gasteiger partial charge in [0.15, 0.2) is 0 Å². The molecule has 164 valence electrons. The molecule has 4 fully saturated rings. The van der Waals surface area contributed by atoms with Crippen molar-refractivity contribution in [3.05, 3.63) is 23.8 Å². The summed E-state index contributed by atoms with van der Waals surface area (Å²) in [6.45, 7) is 1.09. The number of nitrogens with one attached hydrogen (secondary N) is 2. The van der Waals surface area contributed by atoms with Crippen molar-refractivity contribution in [2.24, 2.45) is 11.8 Å². The van der Waals surface area contributed by atoms with Crippen molar-refractivity contribution in [1.29, 1.82) is 0 Å². The Kier molecular flexibility index (Phi) is 5.73. The second kappa shape index (κ2) is 8.48. The van der Waals surface area contributed by atoms with E-state index in [2.05, 4.69) is 33.7 Å². The van der Waals surface area contributed by atoms with Gasteiger partial charge in [-0.05, 0) is 68.6 Å². The van der Waals surface area contributed by atoms with E-state index in [1.54, 1.807) is 0 Å². The Morgan fingerprint density at radius 1 is 1.10 bits per heavy atom. The van der Waals surface area contributed by atoms with Crippen LogP contribution in [-0.4, -0.2) is 47.5 Å². The number of nitrogens with zero attached hydrogens (tertiary/aromatic N) is 1. The number of hydrogen-bond acceptors (Lipinski definition) is 5. The topological polar surface area (TPSA) is 94.7 Å². The first-order chi connectivity index (χ1) is 14.7. The van der Waals surface area contributed by atoms with Gasteiger partial charge in [-0.3, -0.25) is 4.79 Å². The number of aliphatic hydroxyl groups is 2. The van der Waals surface area contributed by atoms with Crippen molar-refractivity contribution < 1.29 is 15.0 Å². The van der Waals surface area contributed by atoms with Gasteiger partial charge in [0, 0.05) is 48.6 Å². The zero-order chi connectivity index (χ0) is 20.7. The lowest BCUT2D eigenvalue weighted by Gasteiger charge is -2.33. The predicted octanol–water partition coefficient (Wildman–Crippen LogP) is 2.95. The van der Waals surface area contributed by atoms with E-state index in [1.165, 1.54) is 18.4 Å². The number of amides is 1. The van der Waals surface area contributed by atoms with Crippen LogP contribution in [0.3, 0.4) is 0 Å². The first-order valence-electron chi connectivity index (χ1n) is 11.9. The van der Waals surface area contributed by atoms with Gasteiger partial charge in [-0.2, -0.15) is 0 Å². The Balaban J connectivity index is 1.43. The van der Waals surface area contributed by atoms with Crippen molar-refractivity contribution in [1.82, 2.24) is 5.32 Å². The van der Waals surface area contributed by atoms with E-state index in [0.717, 1.165) is 56.4 Å². The molecule has 5 rings (SSSR count). The van der Waals surface area contributed by atoms with Crippen LogP contribution in [0.25, 0.3) is 0 Å². The minimum atomic E-state index is -0.159. The number of benzene rings is 1. The van der Waals surface area contributed by atoms with Gasteiger partial charge in [-0.1, -0.05) is 18.9 Å². The summed E-state index contributed by atoms with van der Waals surface area (Å²) in [6, 6.07) is 7.53. The molecule has 2 saturated heterocycles. The van der Waals surface area contributed by atoms with Gasteiger partial charge in [0.1, 0.15) is 0 Å². The molecule has 2 heterocycles. The number of carbonyl (C=O) groups excluding carboxylic acids is 1. The minimum Gasteiger partial charge on any atom is -0.396 e. The lowest BCUT2D eigenvalue weighted by atomic mass is 9.78. The lowest BCUT2D eigenvalue weighted by molar-refractivity contribution is -0.121. The average molecular weight is 414 g/mol. The van der Waals surface area contributed by atoms with Gasteiger partial charge >= 0.3 is 0 Å². The second-order valence-electron chi connectivity index (χ2n) is 9.72. The predicted molar refractivity (Wildman–Crippen MR) is 117 cm³/mol. The SMILES string of the molecule is O=C1C(CCO)C2CCCCC2N1c1ccc(C2CN2)c(N[C@H]2CC[C@H](O)CC2)c1. The van der Waals surface area contributed by atoms with E-state index in [4.69, 9.17) is 0 Å². The number of hydrogen-bond donors (Lipinski definition) is 4. The van der Waals surface area contributed by atoms with E-state index in [9.17, 15) is 15.0 Å². The van der Waals surface area contributed by atoms with Crippen molar-refractivity contribution in [3.8, 4) is 0 Å². The van der Waals surface area contributed by atoms with Gasteiger partial charge in [0.25, 0.3) is 0 Å². The van der Waals surface area contributed by atoms with Crippen LogP contribution in [-0.2, 0) is 4.79 Å². The normalized spacial score (nSPS) is 35.9. The fourth-order valence-corrected chi connectivity index (χ4v) is 6.09. The minimum absolute atomic E-state index is 0.0404. The summed E-state index contributed by atoms with van der Waals surface area (Å²) in [5.41, 5.74) is 3.42. The van der Waals surface area contributed by atoms with Gasteiger partial charge in [-0.25, -0.2) is 0 Å². The van der Waals surface area contributed by atoms with E-state index in [1.807, 2.05) is 0 Å². The fraction of sp³-hybridized carbons (Fsp3) is 0.708. The molecule has 0 bridgehead atoms. The third-order valence-corrected chi connectivity index (χ3v) is 7.78. The molecule has 4 aliphatic rings. The van der Waals surface area contributed by atoms with E-state index < -0.39 is 0 Å². The van der Waals surface area contributed by atoms with Crippen LogP contribution in [0.4, 0.5) is 11.4 Å². The molecule has 2 saturated carbocycles. The summed E-state index contributed by atoms with van der Waals surface area (Å²) < 4.78 is 0. The van der Waals surface area contributed by atoms with Crippen LogP contribution in [0, 0.1) is 11.8 Å². The zero-order valence-corrected chi connectivity index (χ0v) is 17.7. The highest BCUT2D eigenvalue weighted by Gasteiger charge is 2.48. The number of carbonyl (C=O) groups is 1. The molecule has 2 aliphatic carbocycles. The molecule has 2 aliphatic heterocycles. The quantitative estimate of drug-likeness (QED) is 0.538. The summed E-state index contributed by atoms with van der Waals surface area (Å²) >= 11 is 0. The van der Waals surface area contributed by atoms with Gasteiger partial charge in [0.05, 0.1) is 6.10 Å². The van der Waals surface area contributed by atoms with E-state index in [-0.39, 0.29) is 30.6 Å². The summed E-state index contributed by atoms with van der Waals surface area (Å²) in [6.07, 6.45) is 8.61. The summed E-state index contributed by atoms with van der Waals surface area (Å²) in [5, 5.41) is 26.5. The van der Waals surface area contributed by atoms with Crippen LogP contribution in [0.1, 0.15) is 69.4 Å². The van der Waals surface area contributed by atoms with Crippen LogP contribution in [0.2, 0.25) is 0 Å². The van der Waals surface area contributed by atoms with Crippen molar-refractivity contribution >= 4 is 17.3 Å². The highest BCUT2D eigenvalue weighted by atomic mass is 16.3. The first kappa shape index (κ1) is 20.3. The molecule has 30 heavy (non-hydrogen) atoms. The van der Waals surface area contributed by atoms with Gasteiger partial charge in [-0.15, -0.1) is 0 Å². The van der Waals surface area contributed by atoms with Crippen LogP contribution in [0.5, 0.6) is 0 Å². The number of anilines is 2. The summed E-state index contributed by atoms with van der Waals surface area (Å²) in [4.78, 5) is 15.4. The molecule has 1 aromatic rings. The van der Waals surface area contributed by atoms with Crippen molar-refractivity contribution in [2.75, 3.05) is 23.4 Å². The Morgan fingerprint density at radius 2 is 1.87 bits per heavy atom. The Hall–Kier alpha value is -1.63. The zero-order valence-electron chi connectivity index (χ0n) is 17.7. The first-order valence-corrected chi connectivity index (χ1v) is 11.9. The average Bonchev–Trinajstić information content (AvgIpc) is 3.56.